The molecule has 0 aromatic heterocycles. The summed E-state index contributed by atoms with van der Waals surface area (Å²) in [5.74, 6) is 0. The minimum atomic E-state index is -3.51. The summed E-state index contributed by atoms with van der Waals surface area (Å²) >= 11 is 4.40. The first-order valence-corrected chi connectivity index (χ1v) is 2.88. The number of hydrogen-bond acceptors (Lipinski definition) is 1. The minimum Gasteiger partial charge on any atom is -0.305 e. The Morgan fingerprint density at radius 1 is 0.909 bits per heavy atom. The van der Waals surface area contributed by atoms with Gasteiger partial charge in [-0.25, -0.2) is 22.0 Å². The normalized spacial score (nSPS) is 19.9. The molecule has 0 aromatic carbocycles. The highest BCUT2D eigenvalue weighted by molar-refractivity contribution is 6.19. The zero-order chi connectivity index (χ0) is 9.02. The Hall–Kier alpha value is -0.100. The van der Waals surface area contributed by atoms with Gasteiger partial charge in [-0.05, 0) is 0 Å². The van der Waals surface area contributed by atoms with Gasteiger partial charge in [-0.15, -0.1) is 0 Å². The number of hydrogen-bond donors (Lipinski definition) is 0. The first-order valence-electron chi connectivity index (χ1n) is 2.45. The third-order valence-electron chi connectivity index (χ3n) is 0.656. The van der Waals surface area contributed by atoms with Gasteiger partial charge in [0.2, 0.25) is 12.0 Å². The van der Waals surface area contributed by atoms with Crippen molar-refractivity contribution in [1.82, 2.24) is 0 Å². The Labute approximate surface area is 64.1 Å². The van der Waals surface area contributed by atoms with Crippen molar-refractivity contribution in [3.63, 3.8) is 0 Å². The maximum atomic E-state index is 11.8. The molecule has 68 valence electrons. The molecule has 0 spiro atoms. The molecule has 0 amide bonds. The highest BCUT2D eigenvalue weighted by Gasteiger charge is 2.28. The average Bonchev–Trinajstić information content (AvgIpc) is 1.87. The molecular formula is C4H4ClF5O. The lowest BCUT2D eigenvalue weighted by atomic mass is 10.7. The first kappa shape index (κ1) is 10.9. The van der Waals surface area contributed by atoms with Crippen molar-refractivity contribution in [2.75, 3.05) is 0 Å². The standard InChI is InChI=1S/C4H4ClF5O/c5-1(6)3(9)11-4(10)2(7)8/h1-4H. The highest BCUT2D eigenvalue weighted by atomic mass is 35.5. The highest BCUT2D eigenvalue weighted by Crippen LogP contribution is 2.16. The second kappa shape index (κ2) is 4.71. The van der Waals surface area contributed by atoms with Crippen LogP contribution in [0.2, 0.25) is 0 Å². The SMILES string of the molecule is FC(F)C(F)OC(F)C(F)Cl. The van der Waals surface area contributed by atoms with E-state index in [1.165, 1.54) is 0 Å². The van der Waals surface area contributed by atoms with Gasteiger partial charge in [0, 0.05) is 0 Å². The molecule has 1 nitrogen and oxygen atoms in total. The van der Waals surface area contributed by atoms with Crippen molar-refractivity contribution in [2.24, 2.45) is 0 Å². The van der Waals surface area contributed by atoms with Crippen molar-refractivity contribution >= 4 is 11.6 Å². The fraction of sp³-hybridized carbons (Fsp3) is 1.00. The molecule has 0 N–H and O–H groups in total. The lowest BCUT2D eigenvalue weighted by molar-refractivity contribution is -0.200. The van der Waals surface area contributed by atoms with Gasteiger partial charge in [0.15, 0.2) is 0 Å². The Kier molecular flexibility index (Phi) is 4.67. The van der Waals surface area contributed by atoms with Crippen LogP contribution in [0.3, 0.4) is 0 Å². The Bertz CT molecular complexity index is 98.7. The summed E-state index contributed by atoms with van der Waals surface area (Å²) in [6, 6.07) is 0. The van der Waals surface area contributed by atoms with E-state index in [2.05, 4.69) is 16.3 Å². The van der Waals surface area contributed by atoms with Gasteiger partial charge in [-0.2, -0.15) is 0 Å². The van der Waals surface area contributed by atoms with Crippen LogP contribution in [0.5, 0.6) is 0 Å². The predicted molar refractivity (Wildman–Crippen MR) is 27.6 cm³/mol. The Morgan fingerprint density at radius 3 is 1.64 bits per heavy atom. The molecule has 0 heterocycles. The molecule has 0 saturated carbocycles. The molecule has 0 bridgehead atoms. The van der Waals surface area contributed by atoms with Crippen LogP contribution in [0.4, 0.5) is 22.0 Å². The molecule has 0 radical (unpaired) electrons. The van der Waals surface area contributed by atoms with Crippen LogP contribution in [0, 0.1) is 0 Å². The molecule has 3 unspecified atom stereocenters. The van der Waals surface area contributed by atoms with Crippen LogP contribution in [0.15, 0.2) is 0 Å². The topological polar surface area (TPSA) is 9.23 Å². The summed E-state index contributed by atoms with van der Waals surface area (Å²) in [5, 5.41) is 0. The second-order valence-electron chi connectivity index (χ2n) is 1.51. The number of rotatable bonds is 4. The molecule has 0 rings (SSSR count). The molecule has 0 aliphatic rings. The van der Waals surface area contributed by atoms with E-state index in [1.54, 1.807) is 0 Å². The van der Waals surface area contributed by atoms with Crippen LogP contribution in [-0.2, 0) is 4.74 Å². The molecular weight excluding hydrogens is 194 g/mol. The minimum absolute atomic E-state index is 2.65. The van der Waals surface area contributed by atoms with Gasteiger partial charge in [-0.1, -0.05) is 11.6 Å². The van der Waals surface area contributed by atoms with Crippen LogP contribution in [0.1, 0.15) is 0 Å². The van der Waals surface area contributed by atoms with E-state index < -0.39 is 24.8 Å². The van der Waals surface area contributed by atoms with Crippen LogP contribution in [0.25, 0.3) is 0 Å². The van der Waals surface area contributed by atoms with Crippen molar-refractivity contribution < 1.29 is 26.7 Å². The largest absolute Gasteiger partial charge is 0.305 e. The van der Waals surface area contributed by atoms with Crippen LogP contribution < -0.4 is 0 Å². The van der Waals surface area contributed by atoms with Gasteiger partial charge in [-0.3, -0.25) is 0 Å². The molecule has 0 fully saturated rings. The Balaban J connectivity index is 3.66. The monoisotopic (exact) mass is 198 g/mol. The van der Waals surface area contributed by atoms with Gasteiger partial charge in [0.25, 0.3) is 12.8 Å². The van der Waals surface area contributed by atoms with Gasteiger partial charge in [0.05, 0.1) is 0 Å². The van der Waals surface area contributed by atoms with Gasteiger partial charge in [0.1, 0.15) is 0 Å². The summed E-state index contributed by atoms with van der Waals surface area (Å²) < 4.78 is 60.7. The lowest BCUT2D eigenvalue weighted by Gasteiger charge is -2.12. The quantitative estimate of drug-likeness (QED) is 0.498. The zero-order valence-corrected chi connectivity index (χ0v) is 5.74. The van der Waals surface area contributed by atoms with E-state index in [9.17, 15) is 22.0 Å². The molecule has 0 aliphatic carbocycles. The number of ether oxygens (including phenoxy) is 1. The van der Waals surface area contributed by atoms with Crippen LogP contribution in [-0.4, -0.2) is 24.8 Å². The molecule has 3 atom stereocenters. The summed E-state index contributed by atoms with van der Waals surface area (Å²) in [6.07, 6.45) is -9.54. The van der Waals surface area contributed by atoms with E-state index in [4.69, 9.17) is 0 Å². The van der Waals surface area contributed by atoms with E-state index in [0.717, 1.165) is 0 Å². The van der Waals surface area contributed by atoms with E-state index in [0.29, 0.717) is 0 Å². The van der Waals surface area contributed by atoms with Crippen LogP contribution >= 0.6 is 11.6 Å². The maximum absolute atomic E-state index is 11.8. The number of alkyl halides is 6. The molecule has 0 aromatic rings. The second-order valence-corrected chi connectivity index (χ2v) is 1.92. The van der Waals surface area contributed by atoms with Crippen molar-refractivity contribution in [3.05, 3.63) is 0 Å². The Morgan fingerprint density at radius 2 is 1.36 bits per heavy atom. The number of halogens is 6. The molecule has 0 aliphatic heterocycles. The van der Waals surface area contributed by atoms with Crippen molar-refractivity contribution in [1.29, 1.82) is 0 Å². The summed E-state index contributed by atoms with van der Waals surface area (Å²) in [4.78, 5) is 0. The predicted octanol–water partition coefficient (Wildman–Crippen LogP) is 2.39. The molecule has 0 saturated heterocycles. The molecule has 7 heteroatoms. The van der Waals surface area contributed by atoms with Crippen molar-refractivity contribution in [3.8, 4) is 0 Å². The third kappa shape index (κ3) is 4.36. The zero-order valence-electron chi connectivity index (χ0n) is 4.99. The lowest BCUT2D eigenvalue weighted by Crippen LogP contribution is -2.25. The summed E-state index contributed by atoms with van der Waals surface area (Å²) in [5.41, 5.74) is -2.65. The molecule has 11 heavy (non-hydrogen) atoms. The summed E-state index contributed by atoms with van der Waals surface area (Å²) in [7, 11) is 0. The fourth-order valence-corrected chi connectivity index (χ4v) is 0.302. The van der Waals surface area contributed by atoms with E-state index in [1.807, 2.05) is 0 Å². The third-order valence-corrected chi connectivity index (χ3v) is 0.854. The van der Waals surface area contributed by atoms with E-state index in [-0.39, 0.29) is 0 Å². The average molecular weight is 199 g/mol. The maximum Gasteiger partial charge on any atom is 0.293 e. The van der Waals surface area contributed by atoms with Gasteiger partial charge < -0.3 is 4.74 Å². The first-order chi connectivity index (χ1) is 4.95. The smallest absolute Gasteiger partial charge is 0.293 e. The summed E-state index contributed by atoms with van der Waals surface area (Å²) in [6.45, 7) is 0. The van der Waals surface area contributed by atoms with Crippen molar-refractivity contribution in [2.45, 2.75) is 24.8 Å². The van der Waals surface area contributed by atoms with Gasteiger partial charge >= 0.3 is 0 Å². The van der Waals surface area contributed by atoms with E-state index >= 15 is 0 Å². The fourth-order valence-electron chi connectivity index (χ4n) is 0.243.